The van der Waals surface area contributed by atoms with Crippen LogP contribution in [-0.4, -0.2) is 32.2 Å². The van der Waals surface area contributed by atoms with Crippen LogP contribution in [0.25, 0.3) is 22.3 Å². The fraction of sp³-hybridized carbons (Fsp3) is 0.233. The standard InChI is InChI=1S/C30H28ClN3O3/c1-19-15-23(37-18-30(3)14-8-7-11-24(30)29(35)36)16-26-27(19)32-20(2)34(26)17-22-12-13-25(33-28(22)31)21-9-5-4-6-10-21/h4-16,24H,17-18H2,1-3H3,(H,35,36). The molecule has 2 aromatic heterocycles. The highest BCUT2D eigenvalue weighted by Crippen LogP contribution is 2.35. The van der Waals surface area contributed by atoms with Crippen LogP contribution in [0.2, 0.25) is 5.15 Å². The molecule has 37 heavy (non-hydrogen) atoms. The van der Waals surface area contributed by atoms with E-state index in [1.54, 1.807) is 12.2 Å². The number of carbonyl (C=O) groups is 1. The van der Waals surface area contributed by atoms with Gasteiger partial charge >= 0.3 is 5.97 Å². The molecule has 0 bridgehead atoms. The summed E-state index contributed by atoms with van der Waals surface area (Å²) in [5, 5.41) is 10.1. The molecule has 6 nitrogen and oxygen atoms in total. The first kappa shape index (κ1) is 24.8. The van der Waals surface area contributed by atoms with E-state index in [1.165, 1.54) is 0 Å². The summed E-state index contributed by atoms with van der Waals surface area (Å²) >= 11 is 6.62. The maximum Gasteiger partial charge on any atom is 0.311 e. The van der Waals surface area contributed by atoms with Crippen molar-refractivity contribution in [3.63, 3.8) is 0 Å². The number of aliphatic carboxylic acids is 1. The monoisotopic (exact) mass is 513 g/mol. The van der Waals surface area contributed by atoms with Crippen molar-refractivity contribution in [3.05, 3.63) is 101 Å². The summed E-state index contributed by atoms with van der Waals surface area (Å²) in [6.07, 6.45) is 7.25. The number of halogens is 1. The molecule has 2 heterocycles. The molecule has 2 aromatic carbocycles. The molecule has 1 aliphatic carbocycles. The Hall–Kier alpha value is -3.90. The van der Waals surface area contributed by atoms with Crippen LogP contribution < -0.4 is 4.74 Å². The number of nitrogens with zero attached hydrogens (tertiary/aromatic N) is 3. The molecule has 0 amide bonds. The number of carboxylic acids is 1. The number of benzene rings is 2. The van der Waals surface area contributed by atoms with E-state index >= 15 is 0 Å². The normalized spacial score (nSPS) is 18.9. The molecular formula is C30H28ClN3O3. The van der Waals surface area contributed by atoms with E-state index in [1.807, 2.05) is 87.5 Å². The molecule has 0 aliphatic heterocycles. The summed E-state index contributed by atoms with van der Waals surface area (Å²) in [6, 6.07) is 17.8. The zero-order valence-electron chi connectivity index (χ0n) is 21.0. The van der Waals surface area contributed by atoms with Crippen LogP contribution in [0.1, 0.15) is 23.9 Å². The van der Waals surface area contributed by atoms with Gasteiger partial charge in [0.1, 0.15) is 16.7 Å². The second kappa shape index (κ2) is 9.87. The molecule has 5 rings (SSSR count). The lowest BCUT2D eigenvalue weighted by molar-refractivity contribution is -0.143. The van der Waals surface area contributed by atoms with Crippen molar-refractivity contribution in [1.82, 2.24) is 14.5 Å². The summed E-state index contributed by atoms with van der Waals surface area (Å²) < 4.78 is 8.30. The molecule has 2 atom stereocenters. The van der Waals surface area contributed by atoms with E-state index in [-0.39, 0.29) is 6.61 Å². The van der Waals surface area contributed by atoms with Crippen molar-refractivity contribution in [2.45, 2.75) is 27.3 Å². The highest BCUT2D eigenvalue weighted by Gasteiger charge is 2.37. The number of hydrogen-bond acceptors (Lipinski definition) is 4. The number of fused-ring (bicyclic) bond motifs is 1. The molecule has 1 N–H and O–H groups in total. The summed E-state index contributed by atoms with van der Waals surface area (Å²) in [6.45, 7) is 6.62. The lowest BCUT2D eigenvalue weighted by Gasteiger charge is -2.32. The van der Waals surface area contributed by atoms with Crippen LogP contribution in [0, 0.1) is 25.2 Å². The Labute approximate surface area is 220 Å². The van der Waals surface area contributed by atoms with Crippen molar-refractivity contribution < 1.29 is 14.6 Å². The Morgan fingerprint density at radius 2 is 1.89 bits per heavy atom. The molecule has 0 fully saturated rings. The predicted molar refractivity (Wildman–Crippen MR) is 146 cm³/mol. The number of pyridine rings is 1. The summed E-state index contributed by atoms with van der Waals surface area (Å²) in [4.78, 5) is 21.2. The van der Waals surface area contributed by atoms with Gasteiger partial charge in [-0.25, -0.2) is 9.97 Å². The van der Waals surface area contributed by atoms with Gasteiger partial charge < -0.3 is 14.4 Å². The molecule has 0 radical (unpaired) electrons. The summed E-state index contributed by atoms with van der Waals surface area (Å²) in [5.74, 6) is 0.0132. The van der Waals surface area contributed by atoms with Crippen LogP contribution in [0.5, 0.6) is 5.75 Å². The number of aromatic nitrogens is 3. The van der Waals surface area contributed by atoms with Gasteiger partial charge in [0, 0.05) is 22.6 Å². The minimum absolute atomic E-state index is 0.236. The van der Waals surface area contributed by atoms with Crippen molar-refractivity contribution >= 4 is 28.6 Å². The minimum Gasteiger partial charge on any atom is -0.493 e. The third-order valence-electron chi connectivity index (χ3n) is 6.95. The fourth-order valence-electron chi connectivity index (χ4n) is 4.80. The smallest absolute Gasteiger partial charge is 0.311 e. The number of carboxylic acid groups (broad SMARTS) is 1. The van der Waals surface area contributed by atoms with Gasteiger partial charge in [0.05, 0.1) is 35.8 Å². The zero-order chi connectivity index (χ0) is 26.2. The Bertz CT molecular complexity index is 1540. The molecule has 0 saturated carbocycles. The molecule has 4 aromatic rings. The van der Waals surface area contributed by atoms with Crippen LogP contribution in [0.4, 0.5) is 0 Å². The van der Waals surface area contributed by atoms with Gasteiger partial charge in [-0.1, -0.05) is 79.2 Å². The van der Waals surface area contributed by atoms with Gasteiger partial charge in [0.25, 0.3) is 0 Å². The van der Waals surface area contributed by atoms with Crippen LogP contribution in [0.3, 0.4) is 0 Å². The highest BCUT2D eigenvalue weighted by molar-refractivity contribution is 6.30. The van der Waals surface area contributed by atoms with Crippen molar-refractivity contribution in [2.75, 3.05) is 6.61 Å². The van der Waals surface area contributed by atoms with Crippen LogP contribution in [-0.2, 0) is 11.3 Å². The molecule has 2 unspecified atom stereocenters. The first-order valence-electron chi connectivity index (χ1n) is 12.1. The van der Waals surface area contributed by atoms with Crippen molar-refractivity contribution in [3.8, 4) is 17.0 Å². The number of imidazole rings is 1. The third-order valence-corrected chi connectivity index (χ3v) is 7.28. The number of ether oxygens (including phenoxy) is 1. The van der Waals surface area contributed by atoms with Crippen LogP contribution in [0.15, 0.2) is 78.9 Å². The van der Waals surface area contributed by atoms with Crippen LogP contribution >= 0.6 is 11.6 Å². The van der Waals surface area contributed by atoms with Gasteiger partial charge in [-0.3, -0.25) is 4.79 Å². The van der Waals surface area contributed by atoms with Gasteiger partial charge in [-0.2, -0.15) is 0 Å². The van der Waals surface area contributed by atoms with E-state index in [0.29, 0.717) is 17.4 Å². The van der Waals surface area contributed by atoms with Gasteiger partial charge in [0.15, 0.2) is 0 Å². The lowest BCUT2D eigenvalue weighted by atomic mass is 9.75. The van der Waals surface area contributed by atoms with E-state index < -0.39 is 17.3 Å². The lowest BCUT2D eigenvalue weighted by Crippen LogP contribution is -2.36. The van der Waals surface area contributed by atoms with Gasteiger partial charge in [-0.15, -0.1) is 0 Å². The van der Waals surface area contributed by atoms with Crippen molar-refractivity contribution in [1.29, 1.82) is 0 Å². The molecule has 1 aliphatic rings. The van der Waals surface area contributed by atoms with E-state index in [0.717, 1.165) is 39.2 Å². The Morgan fingerprint density at radius 3 is 2.62 bits per heavy atom. The second-order valence-electron chi connectivity index (χ2n) is 9.72. The van der Waals surface area contributed by atoms with Crippen molar-refractivity contribution in [2.24, 2.45) is 11.3 Å². The van der Waals surface area contributed by atoms with E-state index in [2.05, 4.69) is 9.55 Å². The largest absolute Gasteiger partial charge is 0.493 e. The molecule has 7 heteroatoms. The summed E-state index contributed by atoms with van der Waals surface area (Å²) in [5.41, 5.74) is 4.88. The Kier molecular flexibility index (Phi) is 6.61. The number of allylic oxidation sites excluding steroid dienone is 2. The Morgan fingerprint density at radius 1 is 1.11 bits per heavy atom. The topological polar surface area (TPSA) is 77.2 Å². The quantitative estimate of drug-likeness (QED) is 0.281. The molecule has 0 spiro atoms. The highest BCUT2D eigenvalue weighted by atomic mass is 35.5. The number of aryl methyl sites for hydroxylation is 2. The predicted octanol–water partition coefficient (Wildman–Crippen LogP) is 6.63. The molecule has 0 saturated heterocycles. The van der Waals surface area contributed by atoms with Gasteiger partial charge in [0.2, 0.25) is 0 Å². The SMILES string of the molecule is Cc1cc(OCC2(C)C=CC=CC2C(=O)O)cc2c1nc(C)n2Cc1ccc(-c2ccccc2)nc1Cl. The number of hydrogen-bond donors (Lipinski definition) is 1. The average Bonchev–Trinajstić information content (AvgIpc) is 3.20. The fourth-order valence-corrected chi connectivity index (χ4v) is 5.01. The maximum atomic E-state index is 11.8. The summed E-state index contributed by atoms with van der Waals surface area (Å²) in [7, 11) is 0. The van der Waals surface area contributed by atoms with E-state index in [4.69, 9.17) is 21.3 Å². The zero-order valence-corrected chi connectivity index (χ0v) is 21.7. The maximum absolute atomic E-state index is 11.8. The third kappa shape index (κ3) is 4.89. The first-order chi connectivity index (χ1) is 17.7. The Balaban J connectivity index is 1.43. The first-order valence-corrected chi connectivity index (χ1v) is 12.5. The number of rotatable bonds is 7. The van der Waals surface area contributed by atoms with E-state index in [9.17, 15) is 9.90 Å². The second-order valence-corrected chi connectivity index (χ2v) is 10.1. The average molecular weight is 514 g/mol. The molecular weight excluding hydrogens is 486 g/mol. The van der Waals surface area contributed by atoms with Gasteiger partial charge in [-0.05, 0) is 31.5 Å². The minimum atomic E-state index is -0.865. The molecule has 188 valence electrons.